The Bertz CT molecular complexity index is 1710. The van der Waals surface area contributed by atoms with Gasteiger partial charge in [0.25, 0.3) is 5.91 Å². The number of benzene rings is 1. The summed E-state index contributed by atoms with van der Waals surface area (Å²) in [6, 6.07) is 5.05. The Morgan fingerprint density at radius 3 is 2.67 bits per heavy atom. The first-order valence-electron chi connectivity index (χ1n) is 14.5. The van der Waals surface area contributed by atoms with E-state index in [9.17, 15) is 27.6 Å². The van der Waals surface area contributed by atoms with E-state index >= 15 is 0 Å². The molecule has 6 N–H and O–H groups in total. The topological polar surface area (TPSA) is 173 Å². The van der Waals surface area contributed by atoms with Gasteiger partial charge in [-0.2, -0.15) is 18.3 Å². The molecule has 1 aliphatic heterocycles. The van der Waals surface area contributed by atoms with Gasteiger partial charge in [0.1, 0.15) is 6.54 Å². The van der Waals surface area contributed by atoms with Gasteiger partial charge in [-0.15, -0.1) is 0 Å². The van der Waals surface area contributed by atoms with Gasteiger partial charge in [0, 0.05) is 42.9 Å². The molecule has 4 aromatic rings. The third-order valence-electron chi connectivity index (χ3n) is 7.36. The molecule has 238 valence electrons. The van der Waals surface area contributed by atoms with Crippen LogP contribution in [0.2, 0.25) is 0 Å². The number of amides is 3. The highest BCUT2D eigenvalue weighted by atomic mass is 19.4. The number of rotatable bonds is 12. The van der Waals surface area contributed by atoms with Crippen molar-refractivity contribution in [3.8, 4) is 11.3 Å². The highest BCUT2D eigenvalue weighted by molar-refractivity contribution is 5.96. The number of nitrogens with zero attached hydrogens (tertiary/aromatic N) is 5. The number of carbonyl (C=O) groups excluding carboxylic acids is 3. The van der Waals surface area contributed by atoms with Gasteiger partial charge in [-0.3, -0.25) is 23.5 Å². The minimum Gasteiger partial charge on any atom is -0.368 e. The average molecular weight is 627 g/mol. The van der Waals surface area contributed by atoms with Crippen molar-refractivity contribution in [1.82, 2.24) is 40.1 Å². The van der Waals surface area contributed by atoms with E-state index in [-0.39, 0.29) is 40.6 Å². The van der Waals surface area contributed by atoms with Crippen LogP contribution in [0.4, 0.5) is 24.7 Å². The molecule has 3 amide bonds. The Kier molecular flexibility index (Phi) is 9.32. The van der Waals surface area contributed by atoms with Crippen molar-refractivity contribution in [3.63, 3.8) is 0 Å². The van der Waals surface area contributed by atoms with Crippen LogP contribution in [-0.4, -0.2) is 67.5 Å². The summed E-state index contributed by atoms with van der Waals surface area (Å²) >= 11 is 0. The molecule has 0 saturated carbocycles. The van der Waals surface area contributed by atoms with Crippen molar-refractivity contribution in [3.05, 3.63) is 59.8 Å². The predicted octanol–water partition coefficient (Wildman–Crippen LogP) is 2.39. The number of hydrogen-bond acceptors (Lipinski definition) is 8. The zero-order valence-electron chi connectivity index (χ0n) is 24.4. The van der Waals surface area contributed by atoms with Crippen LogP contribution in [0.3, 0.4) is 0 Å². The molecule has 0 bridgehead atoms. The number of halogens is 3. The summed E-state index contributed by atoms with van der Waals surface area (Å²) in [6.45, 7) is 3.10. The summed E-state index contributed by atoms with van der Waals surface area (Å²) in [7, 11) is 0. The van der Waals surface area contributed by atoms with Crippen LogP contribution in [0.5, 0.6) is 0 Å². The molecule has 1 saturated heterocycles. The van der Waals surface area contributed by atoms with Crippen LogP contribution < -0.4 is 27.0 Å². The Balaban J connectivity index is 1.28. The van der Waals surface area contributed by atoms with E-state index in [1.54, 1.807) is 18.2 Å². The van der Waals surface area contributed by atoms with E-state index in [0.29, 0.717) is 37.2 Å². The van der Waals surface area contributed by atoms with Gasteiger partial charge >= 0.3 is 6.18 Å². The fourth-order valence-corrected chi connectivity index (χ4v) is 5.22. The van der Waals surface area contributed by atoms with Gasteiger partial charge in [0.15, 0.2) is 17.2 Å². The number of nitrogens with two attached hydrogens (primary N) is 1. The SMILES string of the molecule is CCc1cc(Nc2nccn3c(-c4cn(CC(N)=O)nc4C(F)(F)F)cnc23)ccc1C(=O)NCCCNC(=O)[C@@H]1CCCN1. The fraction of sp³-hybridized carbons (Fsp3) is 0.379. The lowest BCUT2D eigenvalue weighted by atomic mass is 10.0. The maximum Gasteiger partial charge on any atom is 0.435 e. The fourth-order valence-electron chi connectivity index (χ4n) is 5.22. The number of carbonyl (C=O) groups is 3. The van der Waals surface area contributed by atoms with Crippen molar-refractivity contribution in [2.75, 3.05) is 25.0 Å². The number of imidazole rings is 1. The normalized spacial score (nSPS) is 14.9. The van der Waals surface area contributed by atoms with Gasteiger partial charge < -0.3 is 27.0 Å². The molecule has 1 atom stereocenters. The Labute approximate surface area is 255 Å². The summed E-state index contributed by atoms with van der Waals surface area (Å²) in [4.78, 5) is 44.9. The number of aryl methyl sites for hydroxylation is 1. The Morgan fingerprint density at radius 1 is 1.16 bits per heavy atom. The monoisotopic (exact) mass is 626 g/mol. The highest BCUT2D eigenvalue weighted by Gasteiger charge is 2.38. The average Bonchev–Trinajstić information content (AvgIpc) is 3.76. The van der Waals surface area contributed by atoms with Gasteiger partial charge in [-0.25, -0.2) is 9.97 Å². The Hall–Kier alpha value is -4.99. The molecular weight excluding hydrogens is 593 g/mol. The minimum absolute atomic E-state index is 0.0192. The number of anilines is 2. The number of hydrogen-bond donors (Lipinski definition) is 5. The third kappa shape index (κ3) is 7.22. The molecule has 16 heteroatoms. The van der Waals surface area contributed by atoms with Crippen LogP contribution in [0.15, 0.2) is 43.0 Å². The molecule has 0 radical (unpaired) electrons. The minimum atomic E-state index is -4.79. The number of alkyl halides is 3. The Morgan fingerprint density at radius 2 is 1.96 bits per heavy atom. The maximum atomic E-state index is 13.8. The van der Waals surface area contributed by atoms with Crippen LogP contribution in [0.25, 0.3) is 16.9 Å². The summed E-state index contributed by atoms with van der Waals surface area (Å²) < 4.78 is 43.7. The van der Waals surface area contributed by atoms with Gasteiger partial charge in [-0.1, -0.05) is 6.92 Å². The third-order valence-corrected chi connectivity index (χ3v) is 7.36. The van der Waals surface area contributed by atoms with Gasteiger partial charge in [-0.05, 0) is 56.0 Å². The molecule has 0 aliphatic carbocycles. The molecular formula is C29H33F3N10O3. The molecule has 45 heavy (non-hydrogen) atoms. The lowest BCUT2D eigenvalue weighted by Gasteiger charge is -2.13. The molecule has 13 nitrogen and oxygen atoms in total. The van der Waals surface area contributed by atoms with Crippen molar-refractivity contribution < 1.29 is 27.6 Å². The first-order valence-corrected chi connectivity index (χ1v) is 14.5. The zero-order chi connectivity index (χ0) is 32.1. The quantitative estimate of drug-likeness (QED) is 0.149. The van der Waals surface area contributed by atoms with E-state index in [1.807, 2.05) is 6.92 Å². The molecule has 0 unspecified atom stereocenters. The number of nitrogens with one attached hydrogen (secondary N) is 4. The summed E-state index contributed by atoms with van der Waals surface area (Å²) in [6.07, 6.45) is 3.43. The lowest BCUT2D eigenvalue weighted by molar-refractivity contribution is -0.141. The number of aromatic nitrogens is 5. The van der Waals surface area contributed by atoms with Crippen molar-refractivity contribution in [2.45, 2.75) is 51.4 Å². The largest absolute Gasteiger partial charge is 0.435 e. The second-order valence-corrected chi connectivity index (χ2v) is 10.6. The molecule has 5 rings (SSSR count). The van der Waals surface area contributed by atoms with E-state index in [4.69, 9.17) is 5.73 Å². The van der Waals surface area contributed by atoms with Crippen LogP contribution in [0.1, 0.15) is 47.8 Å². The molecule has 1 aliphatic rings. The van der Waals surface area contributed by atoms with E-state index in [0.717, 1.165) is 35.8 Å². The lowest BCUT2D eigenvalue weighted by Crippen LogP contribution is -2.41. The smallest absolute Gasteiger partial charge is 0.368 e. The first-order chi connectivity index (χ1) is 21.5. The molecule has 1 aromatic carbocycles. The predicted molar refractivity (Wildman–Crippen MR) is 158 cm³/mol. The van der Waals surface area contributed by atoms with Gasteiger partial charge in [0.05, 0.1) is 23.5 Å². The summed E-state index contributed by atoms with van der Waals surface area (Å²) in [5, 5.41) is 15.6. The van der Waals surface area contributed by atoms with Crippen LogP contribution in [0, 0.1) is 0 Å². The summed E-state index contributed by atoms with van der Waals surface area (Å²) in [5.41, 5.74) is 5.91. The first kappa shape index (κ1) is 31.4. The zero-order valence-corrected chi connectivity index (χ0v) is 24.4. The number of primary amides is 1. The van der Waals surface area contributed by atoms with Gasteiger partial charge in [0.2, 0.25) is 11.8 Å². The van der Waals surface area contributed by atoms with E-state index < -0.39 is 24.3 Å². The van der Waals surface area contributed by atoms with E-state index in [1.165, 1.54) is 23.0 Å². The highest BCUT2D eigenvalue weighted by Crippen LogP contribution is 2.37. The molecule has 0 spiro atoms. The maximum absolute atomic E-state index is 13.8. The standard InChI is InChI=1S/C29H33F3N10O3/c1-2-17-13-18(6-7-19(17)27(44)36-9-4-10-37-28(45)21-5-3-8-34-21)39-25-26-38-14-22(42(26)12-11-35-25)20-15-41(16-23(33)43)40-24(20)29(30,31)32/h6-7,11-15,21,34H,2-5,8-10,16H2,1H3,(H2,33,43)(H,35,39)(H,36,44)(H,37,45)/t21-/m0/s1. The molecule has 4 heterocycles. The van der Waals surface area contributed by atoms with Crippen molar-refractivity contribution >= 4 is 34.9 Å². The molecule has 3 aromatic heterocycles. The van der Waals surface area contributed by atoms with Crippen molar-refractivity contribution in [1.29, 1.82) is 0 Å². The second kappa shape index (κ2) is 13.3. The number of fused-ring (bicyclic) bond motifs is 1. The molecule has 1 fully saturated rings. The van der Waals surface area contributed by atoms with Crippen LogP contribution >= 0.6 is 0 Å². The summed E-state index contributed by atoms with van der Waals surface area (Å²) in [5.74, 6) is -0.817. The van der Waals surface area contributed by atoms with Crippen LogP contribution in [-0.2, 0) is 28.7 Å². The second-order valence-electron chi connectivity index (χ2n) is 10.6. The van der Waals surface area contributed by atoms with Crippen molar-refractivity contribution in [2.24, 2.45) is 5.73 Å². The van der Waals surface area contributed by atoms with E-state index in [2.05, 4.69) is 36.3 Å².